The van der Waals surface area contributed by atoms with Gasteiger partial charge in [0.15, 0.2) is 0 Å². The maximum Gasteiger partial charge on any atom is 0.0473 e. The Morgan fingerprint density at radius 1 is 0.435 bits per heavy atom. The Balaban J connectivity index is 0.949. The van der Waals surface area contributed by atoms with E-state index in [2.05, 4.69) is 196 Å². The van der Waals surface area contributed by atoms with E-state index in [-0.39, 0.29) is 16.2 Å². The minimum atomic E-state index is 0.0958. The second kappa shape index (κ2) is 13.1. The van der Waals surface area contributed by atoms with Gasteiger partial charge in [0.05, 0.1) is 0 Å². The van der Waals surface area contributed by atoms with Crippen molar-refractivity contribution >= 4 is 28.8 Å². The quantitative estimate of drug-likeness (QED) is 0.164. The Kier molecular flexibility index (Phi) is 7.88. The van der Waals surface area contributed by atoms with E-state index in [0.717, 1.165) is 23.7 Å². The van der Waals surface area contributed by atoms with E-state index < -0.39 is 0 Å². The molecule has 2 heteroatoms. The van der Waals surface area contributed by atoms with Gasteiger partial charge in [-0.3, -0.25) is 0 Å². The van der Waals surface area contributed by atoms with Crippen molar-refractivity contribution in [3.63, 3.8) is 0 Å². The molecule has 1 nitrogen and oxygen atoms in total. The number of rotatable bonds is 6. The predicted molar refractivity (Wildman–Crippen MR) is 259 cm³/mol. The van der Waals surface area contributed by atoms with Gasteiger partial charge in [-0.05, 0) is 195 Å². The topological polar surface area (TPSA) is 3.24 Å². The van der Waals surface area contributed by atoms with Crippen LogP contribution in [0.1, 0.15) is 88.5 Å². The third kappa shape index (κ3) is 5.11. The molecule has 0 N–H and O–H groups in total. The molecule has 306 valence electrons. The molecule has 0 radical (unpaired) electrons. The summed E-state index contributed by atoms with van der Waals surface area (Å²) in [6.07, 6.45) is 8.24. The molecule has 0 saturated heterocycles. The Morgan fingerprint density at radius 2 is 1.03 bits per heavy atom. The van der Waals surface area contributed by atoms with Crippen molar-refractivity contribution < 1.29 is 0 Å². The van der Waals surface area contributed by atoms with Crippen LogP contribution in [0.3, 0.4) is 0 Å². The molecule has 13 rings (SSSR count). The van der Waals surface area contributed by atoms with Gasteiger partial charge >= 0.3 is 0 Å². The molecule has 62 heavy (non-hydrogen) atoms. The average molecular weight is 822 g/mol. The lowest BCUT2D eigenvalue weighted by Crippen LogP contribution is -2.74. The van der Waals surface area contributed by atoms with Crippen molar-refractivity contribution in [3.8, 4) is 33.4 Å². The molecule has 2 spiro atoms. The first kappa shape index (κ1) is 37.3. The van der Waals surface area contributed by atoms with Crippen molar-refractivity contribution in [1.82, 2.24) is 0 Å². The Labute approximate surface area is 372 Å². The van der Waals surface area contributed by atoms with Crippen molar-refractivity contribution in [2.75, 3.05) is 4.90 Å². The molecule has 6 aliphatic rings. The van der Waals surface area contributed by atoms with Crippen LogP contribution in [0.2, 0.25) is 0 Å². The molecule has 1 aliphatic heterocycles. The molecule has 6 atom stereocenters. The molecular formula is C60H55NS. The minimum absolute atomic E-state index is 0.0958. The molecule has 7 aromatic carbocycles. The number of hydrogen-bond donors (Lipinski definition) is 0. The van der Waals surface area contributed by atoms with Gasteiger partial charge in [-0.15, -0.1) is 0 Å². The molecule has 6 unspecified atom stereocenters. The lowest BCUT2D eigenvalue weighted by Gasteiger charge is -2.78. The van der Waals surface area contributed by atoms with E-state index in [1.54, 1.807) is 11.1 Å². The second-order valence-corrected chi connectivity index (χ2v) is 22.3. The Morgan fingerprint density at radius 3 is 1.74 bits per heavy atom. The third-order valence-corrected chi connectivity index (χ3v) is 18.6. The number of anilines is 3. The summed E-state index contributed by atoms with van der Waals surface area (Å²) in [4.78, 5) is 5.51. The maximum atomic E-state index is 2.64. The summed E-state index contributed by atoms with van der Waals surface area (Å²) in [7, 11) is 0. The second-order valence-electron chi connectivity index (χ2n) is 21.3. The number of fused-ring (bicyclic) bond motifs is 8. The van der Waals surface area contributed by atoms with E-state index >= 15 is 0 Å². The van der Waals surface area contributed by atoms with Crippen molar-refractivity contribution in [2.24, 2.45) is 29.1 Å². The van der Waals surface area contributed by atoms with Crippen LogP contribution in [-0.4, -0.2) is 0 Å². The van der Waals surface area contributed by atoms with Crippen LogP contribution in [0, 0.1) is 29.1 Å². The highest BCUT2D eigenvalue weighted by atomic mass is 32.2. The zero-order chi connectivity index (χ0) is 41.6. The normalized spacial score (nSPS) is 27.3. The monoisotopic (exact) mass is 821 g/mol. The zero-order valence-corrected chi connectivity index (χ0v) is 37.3. The molecule has 0 amide bonds. The van der Waals surface area contributed by atoms with Crippen LogP contribution in [0.4, 0.5) is 17.1 Å². The van der Waals surface area contributed by atoms with E-state index in [0.29, 0.717) is 5.41 Å². The van der Waals surface area contributed by atoms with E-state index in [9.17, 15) is 0 Å². The van der Waals surface area contributed by atoms with E-state index in [1.807, 2.05) is 11.8 Å². The molecular weight excluding hydrogens is 767 g/mol. The van der Waals surface area contributed by atoms with E-state index in [1.165, 1.54) is 110 Å². The van der Waals surface area contributed by atoms with Gasteiger partial charge < -0.3 is 4.90 Å². The highest BCUT2D eigenvalue weighted by Gasteiger charge is 2.84. The molecule has 4 fully saturated rings. The largest absolute Gasteiger partial charge is 0.310 e. The first-order chi connectivity index (χ1) is 30.1. The van der Waals surface area contributed by atoms with E-state index in [4.69, 9.17) is 0 Å². The van der Waals surface area contributed by atoms with Crippen molar-refractivity contribution in [3.05, 3.63) is 186 Å². The Bertz CT molecular complexity index is 2870. The lowest BCUT2D eigenvalue weighted by atomic mass is 9.26. The summed E-state index contributed by atoms with van der Waals surface area (Å²) in [5.74, 6) is 3.52. The van der Waals surface area contributed by atoms with Crippen LogP contribution in [-0.2, 0) is 16.2 Å². The van der Waals surface area contributed by atoms with Crippen LogP contribution < -0.4 is 4.90 Å². The molecule has 7 aromatic rings. The molecule has 0 aromatic heterocycles. The summed E-state index contributed by atoms with van der Waals surface area (Å²) >= 11 is 2.01. The van der Waals surface area contributed by atoms with Crippen LogP contribution in [0.5, 0.6) is 0 Å². The van der Waals surface area contributed by atoms with Crippen molar-refractivity contribution in [1.29, 1.82) is 0 Å². The molecule has 1 heterocycles. The van der Waals surface area contributed by atoms with Gasteiger partial charge in [-0.1, -0.05) is 143 Å². The average Bonchev–Trinajstić information content (AvgIpc) is 3.84. The number of benzene rings is 7. The molecule has 5 aliphatic carbocycles. The first-order valence-corrected chi connectivity index (χ1v) is 24.2. The number of nitrogens with zero attached hydrogens (tertiary/aromatic N) is 1. The van der Waals surface area contributed by atoms with Gasteiger partial charge in [0.1, 0.15) is 0 Å². The number of hydrogen-bond acceptors (Lipinski definition) is 2. The summed E-state index contributed by atoms with van der Waals surface area (Å²) in [5.41, 5.74) is 18.3. The molecule has 4 saturated carbocycles. The highest BCUT2D eigenvalue weighted by Crippen LogP contribution is 2.89. The summed E-state index contributed by atoms with van der Waals surface area (Å²) in [6.45, 7) is 9.74. The summed E-state index contributed by atoms with van der Waals surface area (Å²) in [6, 6.07) is 62.8. The van der Waals surface area contributed by atoms with Crippen LogP contribution >= 0.6 is 11.8 Å². The fraction of sp³-hybridized carbons (Fsp3) is 0.300. The van der Waals surface area contributed by atoms with Crippen molar-refractivity contribution in [2.45, 2.75) is 92.3 Å². The lowest BCUT2D eigenvalue weighted by molar-refractivity contribution is -0.235. The maximum absolute atomic E-state index is 2.64. The SMILES string of the molecule is CC1(C)CCC(C)(C)c2cc(N(c3ccc(-c4ccc5c(c4)C4(c6ccccc6S5)C5CC6CC7CC4C75C6)cc3)c3cc(-c4ccccc4)cc(-c4ccccc4)c3)ccc21. The predicted octanol–water partition coefficient (Wildman–Crippen LogP) is 16.3. The standard InChI is InChI=1S/C60H55NS/c1-57(2)27-28-58(3,4)51-36-47(24-25-49(51)57)61(48-32-43(39-13-7-5-8-14-39)31-44(33-48)40-15-9-6-10-16-40)46-22-19-41(20-23-46)42-21-26-54-52(34-42)60(50-17-11-12-18-53(50)62-54)55-30-38-29-45-35-56(60)59(45,55)37-38/h5-26,31-34,36,38,45,55-56H,27-30,35,37H2,1-4H3. The smallest absolute Gasteiger partial charge is 0.0473 e. The van der Waals surface area contributed by atoms with Gasteiger partial charge in [0.2, 0.25) is 0 Å². The molecule has 2 bridgehead atoms. The van der Waals surface area contributed by atoms with Gasteiger partial charge in [0.25, 0.3) is 0 Å². The highest BCUT2D eigenvalue weighted by molar-refractivity contribution is 7.99. The van der Waals surface area contributed by atoms with Gasteiger partial charge in [-0.2, -0.15) is 0 Å². The zero-order valence-electron chi connectivity index (χ0n) is 36.5. The fourth-order valence-corrected chi connectivity index (χ4v) is 15.8. The third-order valence-electron chi connectivity index (χ3n) is 17.4. The first-order valence-electron chi connectivity index (χ1n) is 23.4. The van der Waals surface area contributed by atoms with Gasteiger partial charge in [-0.25, -0.2) is 0 Å². The summed E-state index contributed by atoms with van der Waals surface area (Å²) < 4.78 is 0. The Hall–Kier alpha value is -5.31. The minimum Gasteiger partial charge on any atom is -0.310 e. The van der Waals surface area contributed by atoms with Crippen LogP contribution in [0.15, 0.2) is 174 Å². The summed E-state index contributed by atoms with van der Waals surface area (Å²) in [5, 5.41) is 0. The van der Waals surface area contributed by atoms with Gasteiger partial charge in [0, 0.05) is 32.3 Å². The van der Waals surface area contributed by atoms with Crippen LogP contribution in [0.25, 0.3) is 33.4 Å². The fourth-order valence-electron chi connectivity index (χ4n) is 14.6.